The number of hydrazine groups is 1. The summed E-state index contributed by atoms with van der Waals surface area (Å²) < 4.78 is 0. The smallest absolute Gasteiger partial charge is 0.286 e. The van der Waals surface area contributed by atoms with E-state index in [1.165, 1.54) is 0 Å². The summed E-state index contributed by atoms with van der Waals surface area (Å²) >= 11 is 1.61. The molecule has 1 heterocycles. The van der Waals surface area contributed by atoms with Gasteiger partial charge < -0.3 is 4.98 Å². The topological polar surface area (TPSA) is 74.0 Å². The zero-order valence-corrected chi connectivity index (χ0v) is 12.7. The van der Waals surface area contributed by atoms with Crippen molar-refractivity contribution in [2.24, 2.45) is 0 Å². The van der Waals surface area contributed by atoms with Crippen LogP contribution in [-0.4, -0.2) is 22.0 Å². The Bertz CT molecular complexity index is 624. The number of rotatable bonds is 4. The molecule has 0 spiro atoms. The summed E-state index contributed by atoms with van der Waals surface area (Å²) in [7, 11) is 0. The van der Waals surface area contributed by atoms with Crippen LogP contribution in [0.2, 0.25) is 0 Å². The molecule has 0 saturated carbocycles. The number of H-pyrrole nitrogens is 1. The minimum atomic E-state index is -0.387. The number of aromatic nitrogens is 1. The second-order valence-electron chi connectivity index (χ2n) is 4.65. The fraction of sp³-hybridized carbons (Fsp3) is 0.200. The standard InChI is InChI=1S/C15H17N3O2S/c1-10(2)21-13-8-4-3-6-11(13)14(19)17-18-15(20)12-7-5-9-16-12/h3-10,16H,1-2H3,(H,17,19)(H,18,20). The molecule has 0 atom stereocenters. The van der Waals surface area contributed by atoms with Crippen LogP contribution in [0.3, 0.4) is 0 Å². The summed E-state index contributed by atoms with van der Waals surface area (Å²) in [4.78, 5) is 27.6. The van der Waals surface area contributed by atoms with Crippen molar-refractivity contribution < 1.29 is 9.59 Å². The number of carbonyl (C=O) groups excluding carboxylic acids is 2. The predicted octanol–water partition coefficient (Wildman–Crippen LogP) is 2.59. The molecule has 0 aliphatic carbocycles. The quantitative estimate of drug-likeness (QED) is 0.600. The molecule has 1 aromatic heterocycles. The Balaban J connectivity index is 2.02. The predicted molar refractivity (Wildman–Crippen MR) is 83.2 cm³/mol. The van der Waals surface area contributed by atoms with Gasteiger partial charge >= 0.3 is 0 Å². The first-order chi connectivity index (χ1) is 10.1. The van der Waals surface area contributed by atoms with Gasteiger partial charge in [0.1, 0.15) is 5.69 Å². The molecule has 1 aromatic carbocycles. The van der Waals surface area contributed by atoms with Gasteiger partial charge in [-0.25, -0.2) is 0 Å². The summed E-state index contributed by atoms with van der Waals surface area (Å²) in [6, 6.07) is 10.7. The van der Waals surface area contributed by atoms with Crippen LogP contribution in [0.25, 0.3) is 0 Å². The van der Waals surface area contributed by atoms with Gasteiger partial charge in [0, 0.05) is 16.3 Å². The minimum Gasteiger partial charge on any atom is -0.357 e. The summed E-state index contributed by atoms with van der Waals surface area (Å²) in [5.74, 6) is -0.721. The first kappa shape index (κ1) is 15.2. The molecule has 2 rings (SSSR count). The van der Waals surface area contributed by atoms with Crippen molar-refractivity contribution >= 4 is 23.6 Å². The van der Waals surface area contributed by atoms with Crippen molar-refractivity contribution in [3.8, 4) is 0 Å². The van der Waals surface area contributed by atoms with Crippen molar-refractivity contribution in [3.05, 3.63) is 53.9 Å². The zero-order valence-electron chi connectivity index (χ0n) is 11.8. The Morgan fingerprint density at radius 3 is 2.43 bits per heavy atom. The van der Waals surface area contributed by atoms with Crippen LogP contribution < -0.4 is 10.9 Å². The lowest BCUT2D eigenvalue weighted by molar-refractivity contribution is 0.0842. The number of hydrogen-bond donors (Lipinski definition) is 3. The average molecular weight is 303 g/mol. The van der Waals surface area contributed by atoms with E-state index in [4.69, 9.17) is 0 Å². The Kier molecular flexibility index (Phi) is 5.05. The first-order valence-electron chi connectivity index (χ1n) is 6.57. The van der Waals surface area contributed by atoms with E-state index in [0.717, 1.165) is 4.90 Å². The highest BCUT2D eigenvalue weighted by Gasteiger charge is 2.13. The lowest BCUT2D eigenvalue weighted by atomic mass is 10.2. The van der Waals surface area contributed by atoms with Gasteiger partial charge in [-0.15, -0.1) is 11.8 Å². The van der Waals surface area contributed by atoms with Gasteiger partial charge in [0.15, 0.2) is 0 Å². The molecular formula is C15H17N3O2S. The highest BCUT2D eigenvalue weighted by molar-refractivity contribution is 8.00. The van der Waals surface area contributed by atoms with E-state index in [2.05, 4.69) is 29.7 Å². The van der Waals surface area contributed by atoms with Crippen LogP contribution in [0, 0.1) is 0 Å². The van der Waals surface area contributed by atoms with Gasteiger partial charge in [-0.05, 0) is 24.3 Å². The van der Waals surface area contributed by atoms with Gasteiger partial charge in [-0.2, -0.15) is 0 Å². The highest BCUT2D eigenvalue weighted by Crippen LogP contribution is 2.26. The second-order valence-corrected chi connectivity index (χ2v) is 6.27. The lowest BCUT2D eigenvalue weighted by Crippen LogP contribution is -2.41. The number of hydrogen-bond acceptors (Lipinski definition) is 3. The van der Waals surface area contributed by atoms with Gasteiger partial charge in [-0.3, -0.25) is 20.4 Å². The number of amides is 2. The minimum absolute atomic E-state index is 0.335. The molecule has 0 aliphatic rings. The molecule has 110 valence electrons. The second kappa shape index (κ2) is 6.99. The third-order valence-electron chi connectivity index (χ3n) is 2.63. The van der Waals surface area contributed by atoms with Crippen molar-refractivity contribution in [2.75, 3.05) is 0 Å². The summed E-state index contributed by atoms with van der Waals surface area (Å²) in [5.41, 5.74) is 5.75. The fourth-order valence-electron chi connectivity index (χ4n) is 1.73. The molecule has 0 bridgehead atoms. The summed E-state index contributed by atoms with van der Waals surface area (Å²) in [5, 5.41) is 0.368. The van der Waals surface area contributed by atoms with Gasteiger partial charge in [0.05, 0.1) is 5.56 Å². The third-order valence-corrected chi connectivity index (χ3v) is 3.71. The van der Waals surface area contributed by atoms with E-state index < -0.39 is 0 Å². The summed E-state index contributed by atoms with van der Waals surface area (Å²) in [6.07, 6.45) is 1.64. The molecule has 0 saturated heterocycles. The fourth-order valence-corrected chi connectivity index (χ4v) is 2.68. The monoisotopic (exact) mass is 303 g/mol. The van der Waals surface area contributed by atoms with Gasteiger partial charge in [0.25, 0.3) is 11.8 Å². The zero-order chi connectivity index (χ0) is 15.2. The van der Waals surface area contributed by atoms with Crippen LogP contribution in [0.15, 0.2) is 47.5 Å². The van der Waals surface area contributed by atoms with E-state index >= 15 is 0 Å². The highest BCUT2D eigenvalue weighted by atomic mass is 32.2. The normalized spacial score (nSPS) is 10.4. The van der Waals surface area contributed by atoms with Crippen LogP contribution in [0.1, 0.15) is 34.7 Å². The van der Waals surface area contributed by atoms with E-state index in [0.29, 0.717) is 16.5 Å². The Labute approximate surface area is 127 Å². The van der Waals surface area contributed by atoms with E-state index in [-0.39, 0.29) is 11.8 Å². The number of benzene rings is 1. The number of aromatic amines is 1. The number of thioether (sulfide) groups is 1. The van der Waals surface area contributed by atoms with E-state index in [1.54, 1.807) is 42.2 Å². The molecule has 21 heavy (non-hydrogen) atoms. The van der Waals surface area contributed by atoms with Crippen molar-refractivity contribution in [3.63, 3.8) is 0 Å². The number of nitrogens with one attached hydrogen (secondary N) is 3. The van der Waals surface area contributed by atoms with E-state index in [9.17, 15) is 9.59 Å². The van der Waals surface area contributed by atoms with Crippen molar-refractivity contribution in [1.82, 2.24) is 15.8 Å². The molecule has 0 aliphatic heterocycles. The van der Waals surface area contributed by atoms with Crippen LogP contribution in [0.4, 0.5) is 0 Å². The average Bonchev–Trinajstić information content (AvgIpc) is 2.98. The van der Waals surface area contributed by atoms with Gasteiger partial charge in [-0.1, -0.05) is 26.0 Å². The Morgan fingerprint density at radius 2 is 1.76 bits per heavy atom. The lowest BCUT2D eigenvalue weighted by Gasteiger charge is -2.11. The van der Waals surface area contributed by atoms with Crippen LogP contribution >= 0.6 is 11.8 Å². The van der Waals surface area contributed by atoms with Crippen molar-refractivity contribution in [2.45, 2.75) is 24.0 Å². The first-order valence-corrected chi connectivity index (χ1v) is 7.45. The molecule has 3 N–H and O–H groups in total. The molecule has 6 heteroatoms. The molecule has 0 unspecified atom stereocenters. The van der Waals surface area contributed by atoms with Crippen LogP contribution in [0.5, 0.6) is 0 Å². The van der Waals surface area contributed by atoms with Gasteiger partial charge in [0.2, 0.25) is 0 Å². The SMILES string of the molecule is CC(C)Sc1ccccc1C(=O)NNC(=O)c1ccc[nH]1. The molecular weight excluding hydrogens is 286 g/mol. The maximum atomic E-state index is 12.2. The Morgan fingerprint density at radius 1 is 1.05 bits per heavy atom. The third kappa shape index (κ3) is 4.13. The van der Waals surface area contributed by atoms with E-state index in [1.807, 2.05) is 12.1 Å². The molecule has 5 nitrogen and oxygen atoms in total. The maximum absolute atomic E-state index is 12.2. The maximum Gasteiger partial charge on any atom is 0.286 e. The Hall–Kier alpha value is -2.21. The number of carbonyl (C=O) groups is 2. The molecule has 2 amide bonds. The molecule has 2 aromatic rings. The largest absolute Gasteiger partial charge is 0.357 e. The molecule has 0 radical (unpaired) electrons. The van der Waals surface area contributed by atoms with Crippen LogP contribution in [-0.2, 0) is 0 Å². The molecule has 0 fully saturated rings. The van der Waals surface area contributed by atoms with Crippen molar-refractivity contribution in [1.29, 1.82) is 0 Å². The summed E-state index contributed by atoms with van der Waals surface area (Å²) in [6.45, 7) is 4.12.